The molecule has 3 heterocycles. The first-order valence-corrected chi connectivity index (χ1v) is 16.1. The first-order valence-electron chi connectivity index (χ1n) is 15.3. The van der Waals surface area contributed by atoms with Crippen LogP contribution in [-0.4, -0.2) is 48.2 Å². The molecule has 1 unspecified atom stereocenters. The second-order valence-corrected chi connectivity index (χ2v) is 12.2. The van der Waals surface area contributed by atoms with Gasteiger partial charge in [-0.1, -0.05) is 43.2 Å². The molecule has 1 amide bonds. The molecule has 10 heteroatoms. The van der Waals surface area contributed by atoms with Crippen LogP contribution in [-0.2, 0) is 9.59 Å². The number of carbonyl (C=O) groups is 2. The number of aromatic nitrogens is 1. The minimum absolute atomic E-state index is 0.0529. The minimum Gasteiger partial charge on any atom is -0.507 e. The number of benzene rings is 3. The van der Waals surface area contributed by atoms with E-state index in [0.717, 1.165) is 40.6 Å². The van der Waals surface area contributed by atoms with Crippen LogP contribution >= 0.6 is 11.3 Å². The second-order valence-electron chi connectivity index (χ2n) is 11.1. The Bertz CT molecular complexity index is 1810. The van der Waals surface area contributed by atoms with Crippen LogP contribution in [0.5, 0.6) is 23.0 Å². The van der Waals surface area contributed by atoms with Crippen molar-refractivity contribution in [3.8, 4) is 23.0 Å². The third-order valence-electron chi connectivity index (χ3n) is 7.87. The summed E-state index contributed by atoms with van der Waals surface area (Å²) in [6.45, 7) is 9.72. The molecule has 0 spiro atoms. The van der Waals surface area contributed by atoms with Gasteiger partial charge in [-0.3, -0.25) is 14.5 Å². The van der Waals surface area contributed by atoms with E-state index in [1.54, 1.807) is 36.4 Å². The summed E-state index contributed by atoms with van der Waals surface area (Å²) in [5.74, 6) is 0.174. The molecule has 0 aliphatic carbocycles. The first-order chi connectivity index (χ1) is 21.8. The van der Waals surface area contributed by atoms with Crippen LogP contribution in [0.15, 0.2) is 54.1 Å². The summed E-state index contributed by atoms with van der Waals surface area (Å²) >= 11 is 1.33. The summed E-state index contributed by atoms with van der Waals surface area (Å²) in [6.07, 6.45) is 3.04. The Balaban J connectivity index is 1.50. The zero-order valence-corrected chi connectivity index (χ0v) is 26.7. The van der Waals surface area contributed by atoms with E-state index in [1.807, 2.05) is 32.9 Å². The maximum atomic E-state index is 13.9. The van der Waals surface area contributed by atoms with E-state index >= 15 is 0 Å². The van der Waals surface area contributed by atoms with Crippen LogP contribution in [0, 0.1) is 13.8 Å². The lowest BCUT2D eigenvalue weighted by atomic mass is 9.95. The van der Waals surface area contributed by atoms with Crippen molar-refractivity contribution >= 4 is 44.1 Å². The van der Waals surface area contributed by atoms with Gasteiger partial charge in [0.2, 0.25) is 0 Å². The summed E-state index contributed by atoms with van der Waals surface area (Å²) in [6, 6.07) is 13.4. The molecule has 45 heavy (non-hydrogen) atoms. The van der Waals surface area contributed by atoms with Gasteiger partial charge in [0.25, 0.3) is 5.78 Å². The van der Waals surface area contributed by atoms with Gasteiger partial charge in [0, 0.05) is 5.56 Å². The van der Waals surface area contributed by atoms with Crippen molar-refractivity contribution in [2.75, 3.05) is 31.3 Å². The molecule has 0 saturated carbocycles. The smallest absolute Gasteiger partial charge is 0.301 e. The van der Waals surface area contributed by atoms with Gasteiger partial charge < -0.3 is 24.1 Å². The molecule has 9 nitrogen and oxygen atoms in total. The van der Waals surface area contributed by atoms with Crippen molar-refractivity contribution in [1.29, 1.82) is 0 Å². The van der Waals surface area contributed by atoms with E-state index < -0.39 is 17.7 Å². The van der Waals surface area contributed by atoms with E-state index in [2.05, 4.69) is 6.92 Å². The molecular formula is C35H36N2O7S. The number of thiazole rings is 1. The van der Waals surface area contributed by atoms with Crippen LogP contribution in [0.4, 0.5) is 5.13 Å². The molecule has 1 fully saturated rings. The summed E-state index contributed by atoms with van der Waals surface area (Å²) in [5.41, 5.74) is 3.66. The van der Waals surface area contributed by atoms with Crippen LogP contribution < -0.4 is 23.8 Å². The zero-order chi connectivity index (χ0) is 31.7. The third-order valence-corrected chi connectivity index (χ3v) is 8.88. The Hall–Kier alpha value is -4.57. The summed E-state index contributed by atoms with van der Waals surface area (Å²) < 4.78 is 24.3. The lowest BCUT2D eigenvalue weighted by Crippen LogP contribution is -2.29. The number of amides is 1. The average Bonchev–Trinajstić information content (AvgIpc) is 3.57. The average molecular weight is 629 g/mol. The Labute approximate surface area is 266 Å². The Morgan fingerprint density at radius 2 is 1.78 bits per heavy atom. The predicted octanol–water partition coefficient (Wildman–Crippen LogP) is 7.28. The number of fused-ring (bicyclic) bond motifs is 2. The molecule has 234 valence electrons. The van der Waals surface area contributed by atoms with Crippen molar-refractivity contribution in [2.24, 2.45) is 0 Å². The number of hydrogen-bond donors (Lipinski definition) is 1. The maximum Gasteiger partial charge on any atom is 0.301 e. The number of carbonyl (C=O) groups excluding carboxylic acids is 2. The topological polar surface area (TPSA) is 107 Å². The van der Waals surface area contributed by atoms with Crippen LogP contribution in [0.3, 0.4) is 0 Å². The molecule has 1 atom stereocenters. The molecule has 2 aliphatic heterocycles. The monoisotopic (exact) mass is 628 g/mol. The fourth-order valence-corrected chi connectivity index (χ4v) is 6.94. The molecule has 1 saturated heterocycles. The second kappa shape index (κ2) is 12.8. The van der Waals surface area contributed by atoms with Crippen LogP contribution in [0.1, 0.15) is 61.4 Å². The molecule has 0 radical (unpaired) electrons. The third kappa shape index (κ3) is 5.82. The number of aliphatic hydroxyl groups excluding tert-OH is 1. The Morgan fingerprint density at radius 3 is 2.56 bits per heavy atom. The molecule has 0 bridgehead atoms. The van der Waals surface area contributed by atoms with E-state index in [4.69, 9.17) is 23.9 Å². The maximum absolute atomic E-state index is 13.9. The summed E-state index contributed by atoms with van der Waals surface area (Å²) in [4.78, 5) is 33.9. The molecule has 4 aromatic rings. The zero-order valence-electron chi connectivity index (χ0n) is 25.8. The van der Waals surface area contributed by atoms with Gasteiger partial charge in [-0.15, -0.1) is 0 Å². The molecule has 3 aromatic carbocycles. The number of nitrogens with zero attached hydrogens (tertiary/aromatic N) is 2. The largest absolute Gasteiger partial charge is 0.507 e. The van der Waals surface area contributed by atoms with Crippen molar-refractivity contribution in [1.82, 2.24) is 4.98 Å². The standard InChI is InChI=1S/C35H36N2O7S/c1-5-7-8-13-42-24-11-9-22(18-26(24)41-6-2)31-29(32(38)23-10-12-25-27(19-23)44-15-14-43-25)33(39)34(40)37(31)35-36-30-21(4)16-20(3)17-28(30)45-35/h9-12,16-19,31,38H,5-8,13-15H2,1-4H3. The van der Waals surface area contributed by atoms with Gasteiger partial charge in [0.15, 0.2) is 28.1 Å². The first kappa shape index (κ1) is 30.5. The van der Waals surface area contributed by atoms with Crippen molar-refractivity contribution in [3.63, 3.8) is 0 Å². The Morgan fingerprint density at radius 1 is 0.978 bits per heavy atom. The molecule has 2 aliphatic rings. The number of unbranched alkanes of at least 4 members (excludes halogenated alkanes) is 2. The summed E-state index contributed by atoms with van der Waals surface area (Å²) in [5, 5.41) is 12.1. The number of ether oxygens (including phenoxy) is 4. The quantitative estimate of drug-likeness (QED) is 0.0845. The van der Waals surface area contributed by atoms with Crippen LogP contribution in [0.2, 0.25) is 0 Å². The fourth-order valence-electron chi connectivity index (χ4n) is 5.77. The number of aryl methyl sites for hydroxylation is 2. The number of Topliss-reactive ketones (excluding diaryl/α,β-unsaturated/α-hetero) is 1. The van der Waals surface area contributed by atoms with Gasteiger partial charge in [0.1, 0.15) is 19.0 Å². The van der Waals surface area contributed by atoms with Gasteiger partial charge in [-0.05, 0) is 80.3 Å². The Kier molecular flexibility index (Phi) is 8.67. The normalized spacial score (nSPS) is 17.2. The molecule has 1 N–H and O–H groups in total. The van der Waals surface area contributed by atoms with Gasteiger partial charge in [-0.25, -0.2) is 4.98 Å². The van der Waals surface area contributed by atoms with E-state index in [9.17, 15) is 14.7 Å². The number of hydrogen-bond acceptors (Lipinski definition) is 9. The number of ketones is 1. The van der Waals surface area contributed by atoms with Gasteiger partial charge in [0.05, 0.1) is 35.0 Å². The van der Waals surface area contributed by atoms with E-state index in [-0.39, 0.29) is 11.3 Å². The highest BCUT2D eigenvalue weighted by atomic mass is 32.1. The SMILES string of the molecule is CCCCCOc1ccc(C2C(=C(O)c3ccc4c(c3)OCCO4)C(=O)C(=O)N2c2nc3c(C)cc(C)cc3s2)cc1OCC. The van der Waals surface area contributed by atoms with Crippen molar-refractivity contribution in [3.05, 3.63) is 76.4 Å². The lowest BCUT2D eigenvalue weighted by molar-refractivity contribution is -0.132. The van der Waals surface area contributed by atoms with Crippen molar-refractivity contribution < 1.29 is 33.6 Å². The summed E-state index contributed by atoms with van der Waals surface area (Å²) in [7, 11) is 0. The number of aliphatic hydroxyl groups is 1. The van der Waals surface area contributed by atoms with E-state index in [0.29, 0.717) is 65.7 Å². The highest BCUT2D eigenvalue weighted by molar-refractivity contribution is 7.22. The fraction of sp³-hybridized carbons (Fsp3) is 0.343. The minimum atomic E-state index is -0.978. The lowest BCUT2D eigenvalue weighted by Gasteiger charge is -2.24. The van der Waals surface area contributed by atoms with E-state index in [1.165, 1.54) is 16.2 Å². The molecule has 6 rings (SSSR count). The highest BCUT2D eigenvalue weighted by Crippen LogP contribution is 2.47. The van der Waals surface area contributed by atoms with Crippen LogP contribution in [0.25, 0.3) is 16.0 Å². The number of rotatable bonds is 10. The molecular weight excluding hydrogens is 592 g/mol. The predicted molar refractivity (Wildman–Crippen MR) is 174 cm³/mol. The van der Waals surface area contributed by atoms with Gasteiger partial charge >= 0.3 is 5.91 Å². The molecule has 1 aromatic heterocycles. The highest BCUT2D eigenvalue weighted by Gasteiger charge is 2.48. The van der Waals surface area contributed by atoms with Gasteiger partial charge in [-0.2, -0.15) is 0 Å². The number of anilines is 1. The van der Waals surface area contributed by atoms with Crippen molar-refractivity contribution in [2.45, 2.75) is 53.0 Å².